The number of hydrogen-bond acceptors (Lipinski definition) is 5. The summed E-state index contributed by atoms with van der Waals surface area (Å²) in [4.78, 5) is 5.32. The lowest BCUT2D eigenvalue weighted by Crippen LogP contribution is -2.26. The Hall–Kier alpha value is -2.55. The van der Waals surface area contributed by atoms with E-state index in [-0.39, 0.29) is 17.1 Å². The predicted molar refractivity (Wildman–Crippen MR) is 102 cm³/mol. The summed E-state index contributed by atoms with van der Waals surface area (Å²) >= 11 is 4.89. The molecule has 5 nitrogen and oxygen atoms in total. The van der Waals surface area contributed by atoms with Gasteiger partial charge in [-0.3, -0.25) is 0 Å². The number of rotatable bonds is 4. The number of alkyl halides is 3. The molecule has 2 heterocycles. The van der Waals surface area contributed by atoms with Crippen LogP contribution in [0.5, 0.6) is 0 Å². The minimum atomic E-state index is -4.11. The molecule has 1 aromatic heterocycles. The monoisotopic (exact) mass is 420 g/mol. The second-order valence-corrected chi connectivity index (χ2v) is 8.49. The Morgan fingerprint density at radius 3 is 2.57 bits per heavy atom. The standard InChI is InChI=1S/C19H15ClF2N4OS/c20-19(21,22)28(27)17(11-24)15-9-16(13-5-1-2-6-13)26(12-14(15)10-23)18-7-3-4-8-25-18/h3-4,7-9,12-13H,1-2,5-6H2. The average molecular weight is 421 g/mol. The van der Waals surface area contributed by atoms with Gasteiger partial charge in [0.15, 0.2) is 10.8 Å². The zero-order valence-electron chi connectivity index (χ0n) is 14.6. The van der Waals surface area contributed by atoms with E-state index in [1.807, 2.05) is 6.07 Å². The van der Waals surface area contributed by atoms with Crippen molar-refractivity contribution in [2.24, 2.45) is 5.92 Å². The zero-order chi connectivity index (χ0) is 20.3. The topological polar surface area (TPSA) is 80.8 Å². The fourth-order valence-corrected chi connectivity index (χ4v) is 4.31. The largest absolute Gasteiger partial charge is 0.403 e. The van der Waals surface area contributed by atoms with Crippen molar-refractivity contribution in [3.63, 3.8) is 0 Å². The first kappa shape index (κ1) is 20.2. The molecule has 1 atom stereocenters. The molecule has 1 aromatic rings. The van der Waals surface area contributed by atoms with Gasteiger partial charge >= 0.3 is 4.71 Å². The number of allylic oxidation sites excluding steroid dienone is 5. The van der Waals surface area contributed by atoms with Gasteiger partial charge in [0.25, 0.3) is 0 Å². The summed E-state index contributed by atoms with van der Waals surface area (Å²) < 4.78 is 34.8. The van der Waals surface area contributed by atoms with Crippen LogP contribution >= 0.6 is 11.6 Å². The molecule has 0 N–H and O–H groups in total. The molecule has 0 aromatic carbocycles. The first-order valence-electron chi connectivity index (χ1n) is 8.54. The SMILES string of the molecule is N#CC1=CN(c2ccccn2)C(C2CCCC2)=CC1=C(C#N)S(=O)C(F)(F)Cl. The molecule has 1 unspecified atom stereocenters. The van der Waals surface area contributed by atoms with Crippen molar-refractivity contribution in [2.75, 3.05) is 4.90 Å². The Kier molecular flexibility index (Phi) is 5.93. The van der Waals surface area contributed by atoms with E-state index in [0.717, 1.165) is 31.4 Å². The maximum Gasteiger partial charge on any atom is 0.403 e. The lowest BCUT2D eigenvalue weighted by atomic mass is 9.94. The lowest BCUT2D eigenvalue weighted by molar-refractivity contribution is 0.196. The average Bonchev–Trinajstić information content (AvgIpc) is 3.22. The van der Waals surface area contributed by atoms with Crippen LogP contribution in [0.4, 0.5) is 14.6 Å². The Morgan fingerprint density at radius 2 is 2.04 bits per heavy atom. The fraction of sp³-hybridized carbons (Fsp3) is 0.316. The third kappa shape index (κ3) is 3.99. The fourth-order valence-electron chi connectivity index (χ4n) is 3.39. The van der Waals surface area contributed by atoms with Crippen LogP contribution in [0.3, 0.4) is 0 Å². The highest BCUT2D eigenvalue weighted by molar-refractivity contribution is 7.91. The number of anilines is 1. The summed E-state index contributed by atoms with van der Waals surface area (Å²) in [6.45, 7) is 0. The summed E-state index contributed by atoms with van der Waals surface area (Å²) in [5.41, 5.74) is 0.587. The predicted octanol–water partition coefficient (Wildman–Crippen LogP) is 4.70. The van der Waals surface area contributed by atoms with Crippen molar-refractivity contribution in [2.45, 2.75) is 30.4 Å². The minimum Gasteiger partial charge on any atom is -0.304 e. The zero-order valence-corrected chi connectivity index (χ0v) is 16.2. The van der Waals surface area contributed by atoms with Crippen molar-refractivity contribution >= 4 is 28.2 Å². The summed E-state index contributed by atoms with van der Waals surface area (Å²) in [6, 6.07) is 8.77. The Labute approximate surface area is 168 Å². The van der Waals surface area contributed by atoms with E-state index in [1.54, 1.807) is 35.4 Å². The highest BCUT2D eigenvalue weighted by atomic mass is 35.5. The number of halogens is 3. The highest BCUT2D eigenvalue weighted by Crippen LogP contribution is 2.40. The van der Waals surface area contributed by atoms with E-state index in [0.29, 0.717) is 5.82 Å². The van der Waals surface area contributed by atoms with Gasteiger partial charge < -0.3 is 4.90 Å². The second-order valence-electron chi connectivity index (χ2n) is 6.33. The number of nitrogens with zero attached hydrogens (tertiary/aromatic N) is 4. The first-order chi connectivity index (χ1) is 13.4. The molecule has 1 aliphatic heterocycles. The highest BCUT2D eigenvalue weighted by Gasteiger charge is 2.39. The van der Waals surface area contributed by atoms with Gasteiger partial charge in [-0.05, 0) is 48.6 Å². The van der Waals surface area contributed by atoms with E-state index < -0.39 is 20.4 Å². The number of pyridine rings is 1. The molecule has 1 saturated carbocycles. The number of hydrogen-bond donors (Lipinski definition) is 0. The molecule has 0 radical (unpaired) electrons. The van der Waals surface area contributed by atoms with E-state index in [9.17, 15) is 23.5 Å². The van der Waals surface area contributed by atoms with E-state index in [1.165, 1.54) is 12.3 Å². The van der Waals surface area contributed by atoms with Crippen LogP contribution in [0.2, 0.25) is 0 Å². The van der Waals surface area contributed by atoms with Crippen LogP contribution in [-0.2, 0) is 10.8 Å². The van der Waals surface area contributed by atoms with Gasteiger partial charge in [-0.25, -0.2) is 9.19 Å². The van der Waals surface area contributed by atoms with Crippen LogP contribution in [-0.4, -0.2) is 13.9 Å². The van der Waals surface area contributed by atoms with Gasteiger partial charge in [0.2, 0.25) is 0 Å². The maximum atomic E-state index is 13.4. The molecular weight excluding hydrogens is 406 g/mol. The van der Waals surface area contributed by atoms with E-state index >= 15 is 0 Å². The summed E-state index contributed by atoms with van der Waals surface area (Å²) in [7, 11) is -3.09. The van der Waals surface area contributed by atoms with Crippen LogP contribution in [0.25, 0.3) is 0 Å². The van der Waals surface area contributed by atoms with Crippen molar-refractivity contribution in [1.82, 2.24) is 4.98 Å². The first-order valence-corrected chi connectivity index (χ1v) is 10.1. The second kappa shape index (κ2) is 8.22. The third-order valence-corrected chi connectivity index (χ3v) is 6.17. The van der Waals surface area contributed by atoms with Gasteiger partial charge in [0.05, 0.1) is 5.57 Å². The Morgan fingerprint density at radius 1 is 1.32 bits per heavy atom. The summed E-state index contributed by atoms with van der Waals surface area (Å²) in [6.07, 6.45) is 8.36. The Balaban J connectivity index is 2.19. The molecule has 0 spiro atoms. The van der Waals surface area contributed by atoms with Crippen molar-refractivity contribution in [1.29, 1.82) is 10.5 Å². The normalized spacial score (nSPS) is 20.7. The van der Waals surface area contributed by atoms with Crippen molar-refractivity contribution in [3.05, 3.63) is 58.4 Å². The molecule has 1 aliphatic carbocycles. The molecule has 28 heavy (non-hydrogen) atoms. The van der Waals surface area contributed by atoms with E-state index in [2.05, 4.69) is 4.98 Å². The quantitative estimate of drug-likeness (QED) is 0.521. The molecular formula is C19H15ClF2N4OS. The van der Waals surface area contributed by atoms with Gasteiger partial charge in [-0.1, -0.05) is 18.9 Å². The minimum absolute atomic E-state index is 0.0572. The van der Waals surface area contributed by atoms with E-state index in [4.69, 9.17) is 11.6 Å². The lowest BCUT2D eigenvalue weighted by Gasteiger charge is -2.31. The molecule has 2 aliphatic rings. The van der Waals surface area contributed by atoms with Crippen molar-refractivity contribution < 1.29 is 13.0 Å². The maximum absolute atomic E-state index is 13.4. The van der Waals surface area contributed by atoms with Crippen LogP contribution in [0.15, 0.2) is 58.4 Å². The molecule has 0 bridgehead atoms. The smallest absolute Gasteiger partial charge is 0.304 e. The number of nitriles is 2. The van der Waals surface area contributed by atoms with Gasteiger partial charge in [0.1, 0.15) is 22.9 Å². The molecule has 0 amide bonds. The third-order valence-electron chi connectivity index (χ3n) is 4.65. The van der Waals surface area contributed by atoms with Gasteiger partial charge in [0, 0.05) is 23.7 Å². The number of aromatic nitrogens is 1. The summed E-state index contributed by atoms with van der Waals surface area (Å²) in [5.74, 6) is 0.674. The molecule has 9 heteroatoms. The van der Waals surface area contributed by atoms with Crippen LogP contribution in [0, 0.1) is 28.6 Å². The van der Waals surface area contributed by atoms with Crippen LogP contribution < -0.4 is 4.90 Å². The van der Waals surface area contributed by atoms with Gasteiger partial charge in [-0.15, -0.1) is 0 Å². The molecule has 0 saturated heterocycles. The Bertz CT molecular complexity index is 964. The van der Waals surface area contributed by atoms with Gasteiger partial charge in [-0.2, -0.15) is 19.3 Å². The van der Waals surface area contributed by atoms with Crippen molar-refractivity contribution in [3.8, 4) is 12.1 Å². The molecule has 3 rings (SSSR count). The summed E-state index contributed by atoms with van der Waals surface area (Å²) in [5, 5.41) is 18.9. The molecule has 1 fully saturated rings. The van der Waals surface area contributed by atoms with Crippen LogP contribution in [0.1, 0.15) is 25.7 Å². The molecule has 144 valence electrons.